The van der Waals surface area contributed by atoms with Gasteiger partial charge in [0.25, 0.3) is 5.91 Å². The molecule has 7 nitrogen and oxygen atoms in total. The molecular weight excluding hydrogens is 464 g/mol. The highest BCUT2D eigenvalue weighted by Gasteiger charge is 2.27. The van der Waals surface area contributed by atoms with E-state index in [1.165, 1.54) is 0 Å². The van der Waals surface area contributed by atoms with Crippen LogP contribution in [0.2, 0.25) is 5.02 Å². The van der Waals surface area contributed by atoms with Gasteiger partial charge in [0.15, 0.2) is 6.61 Å². The number of nitrogens with zero attached hydrogens (tertiary/aromatic N) is 4. The summed E-state index contributed by atoms with van der Waals surface area (Å²) in [6.45, 7) is 5.87. The number of halogens is 1. The predicted molar refractivity (Wildman–Crippen MR) is 137 cm³/mol. The fourth-order valence-corrected chi connectivity index (χ4v) is 5.14. The van der Waals surface area contributed by atoms with Crippen molar-refractivity contribution in [1.82, 2.24) is 14.8 Å². The van der Waals surface area contributed by atoms with Gasteiger partial charge in [0.05, 0.1) is 11.1 Å². The van der Waals surface area contributed by atoms with Crippen LogP contribution in [-0.4, -0.2) is 73.0 Å². The van der Waals surface area contributed by atoms with Crippen molar-refractivity contribution in [1.29, 1.82) is 0 Å². The molecule has 0 aliphatic carbocycles. The van der Waals surface area contributed by atoms with E-state index in [4.69, 9.17) is 21.3 Å². The number of pyridine rings is 1. The minimum absolute atomic E-state index is 0.176. The van der Waals surface area contributed by atoms with Crippen LogP contribution in [0.15, 0.2) is 42.5 Å². The monoisotopic (exact) mass is 492 g/mol. The van der Waals surface area contributed by atoms with Crippen molar-refractivity contribution in [2.45, 2.75) is 19.9 Å². The number of likely N-dealkylation sites (N-methyl/N-ethyl adjacent to an activating group) is 1. The maximum atomic E-state index is 13.3. The van der Waals surface area contributed by atoms with Crippen LogP contribution < -0.4 is 4.90 Å². The Labute approximate surface area is 210 Å². The lowest BCUT2D eigenvalue weighted by atomic mass is 9.96. The second-order valence-corrected chi connectivity index (χ2v) is 9.73. The van der Waals surface area contributed by atoms with E-state index in [2.05, 4.69) is 16.7 Å². The lowest BCUT2D eigenvalue weighted by molar-refractivity contribution is -0.134. The van der Waals surface area contributed by atoms with Gasteiger partial charge < -0.3 is 19.4 Å². The first kappa shape index (κ1) is 23.6. The first-order chi connectivity index (χ1) is 16.9. The van der Waals surface area contributed by atoms with E-state index in [0.717, 1.165) is 46.4 Å². The summed E-state index contributed by atoms with van der Waals surface area (Å²) in [5.41, 5.74) is 5.40. The third-order valence-electron chi connectivity index (χ3n) is 6.91. The molecule has 0 saturated carbocycles. The Balaban J connectivity index is 1.26. The van der Waals surface area contributed by atoms with Gasteiger partial charge in [-0.15, -0.1) is 0 Å². The number of aromatic nitrogens is 1. The molecule has 3 aromatic rings. The van der Waals surface area contributed by atoms with Crippen LogP contribution in [0.5, 0.6) is 0 Å². The summed E-state index contributed by atoms with van der Waals surface area (Å²) in [5, 5.41) is 1.47. The molecule has 2 aliphatic rings. The van der Waals surface area contributed by atoms with Crippen LogP contribution in [0.25, 0.3) is 10.9 Å². The minimum Gasteiger partial charge on any atom is -0.452 e. The van der Waals surface area contributed by atoms with Crippen molar-refractivity contribution in [3.05, 3.63) is 69.9 Å². The molecule has 8 heteroatoms. The SMILES string of the molecule is Cc1ccc(Cl)cc1N1CCN(C(=O)COC(=O)c2c3c(nc4ccccc24)CCN(C)C3)CC1. The van der Waals surface area contributed by atoms with Crippen LogP contribution in [0.1, 0.15) is 27.2 Å². The van der Waals surface area contributed by atoms with Crippen LogP contribution in [0.3, 0.4) is 0 Å². The normalized spacial score (nSPS) is 16.3. The molecule has 1 aromatic heterocycles. The summed E-state index contributed by atoms with van der Waals surface area (Å²) in [7, 11) is 2.03. The van der Waals surface area contributed by atoms with Gasteiger partial charge in [0.1, 0.15) is 0 Å². The largest absolute Gasteiger partial charge is 0.452 e. The van der Waals surface area contributed by atoms with Crippen molar-refractivity contribution in [2.24, 2.45) is 0 Å². The molecule has 0 radical (unpaired) electrons. The molecule has 0 N–H and O–H groups in total. The van der Waals surface area contributed by atoms with E-state index in [9.17, 15) is 9.59 Å². The zero-order chi connectivity index (χ0) is 24.5. The quantitative estimate of drug-likeness (QED) is 0.517. The van der Waals surface area contributed by atoms with Gasteiger partial charge in [-0.1, -0.05) is 35.9 Å². The lowest BCUT2D eigenvalue weighted by Gasteiger charge is -2.36. The van der Waals surface area contributed by atoms with Crippen molar-refractivity contribution in [3.63, 3.8) is 0 Å². The zero-order valence-corrected chi connectivity index (χ0v) is 20.8. The third kappa shape index (κ3) is 4.83. The summed E-state index contributed by atoms with van der Waals surface area (Å²) in [6, 6.07) is 13.5. The highest BCUT2D eigenvalue weighted by Crippen LogP contribution is 2.29. The number of esters is 1. The van der Waals surface area contributed by atoms with Gasteiger partial charge >= 0.3 is 5.97 Å². The number of ether oxygens (including phenoxy) is 1. The number of amides is 1. The summed E-state index contributed by atoms with van der Waals surface area (Å²) in [4.78, 5) is 37.1. The number of benzene rings is 2. The Morgan fingerprint density at radius 3 is 2.63 bits per heavy atom. The Bertz CT molecular complexity index is 1290. The molecule has 2 aromatic carbocycles. The molecule has 0 spiro atoms. The molecule has 1 amide bonds. The summed E-state index contributed by atoms with van der Waals surface area (Å²) >= 11 is 6.18. The number of piperazine rings is 1. The highest BCUT2D eigenvalue weighted by molar-refractivity contribution is 6.30. The molecular formula is C27H29ClN4O3. The molecule has 5 rings (SSSR count). The Kier molecular flexibility index (Phi) is 6.62. The van der Waals surface area contributed by atoms with Crippen molar-refractivity contribution < 1.29 is 14.3 Å². The summed E-state index contributed by atoms with van der Waals surface area (Å²) < 4.78 is 5.59. The standard InChI is InChI=1S/C27H29ClN4O3/c1-18-7-8-19(28)15-24(18)31-11-13-32(14-12-31)25(33)17-35-27(34)26-20-5-3-4-6-22(20)29-23-9-10-30(2)16-21(23)26/h3-8,15H,9-14,16-17H2,1-2H3. The van der Waals surface area contributed by atoms with Crippen LogP contribution >= 0.6 is 11.6 Å². The highest BCUT2D eigenvalue weighted by atomic mass is 35.5. The zero-order valence-electron chi connectivity index (χ0n) is 20.1. The van der Waals surface area contributed by atoms with Gasteiger partial charge in [-0.3, -0.25) is 9.78 Å². The minimum atomic E-state index is -0.461. The van der Waals surface area contributed by atoms with Crippen molar-refractivity contribution in [3.8, 4) is 0 Å². The Hall–Kier alpha value is -3.16. The average molecular weight is 493 g/mol. The van der Waals surface area contributed by atoms with Gasteiger partial charge in [-0.2, -0.15) is 0 Å². The molecule has 35 heavy (non-hydrogen) atoms. The summed E-state index contributed by atoms with van der Waals surface area (Å²) in [5.74, 6) is -0.637. The fourth-order valence-electron chi connectivity index (χ4n) is 4.97. The van der Waals surface area contributed by atoms with Crippen LogP contribution in [-0.2, 0) is 22.5 Å². The van der Waals surface area contributed by atoms with E-state index < -0.39 is 5.97 Å². The van der Waals surface area contributed by atoms with Crippen molar-refractivity contribution in [2.75, 3.05) is 51.3 Å². The Morgan fingerprint density at radius 1 is 1.06 bits per heavy atom. The first-order valence-corrected chi connectivity index (χ1v) is 12.3. The predicted octanol–water partition coefficient (Wildman–Crippen LogP) is 3.69. The van der Waals surface area contributed by atoms with E-state index in [-0.39, 0.29) is 12.5 Å². The Morgan fingerprint density at radius 2 is 1.83 bits per heavy atom. The van der Waals surface area contributed by atoms with E-state index in [1.54, 1.807) is 4.90 Å². The number of carbonyl (C=O) groups excluding carboxylic acids is 2. The molecule has 1 saturated heterocycles. The fraction of sp³-hybridized carbons (Fsp3) is 0.370. The topological polar surface area (TPSA) is 66.0 Å². The molecule has 0 atom stereocenters. The van der Waals surface area contributed by atoms with E-state index >= 15 is 0 Å². The second-order valence-electron chi connectivity index (χ2n) is 9.29. The number of rotatable bonds is 4. The second kappa shape index (κ2) is 9.84. The number of hydrogen-bond donors (Lipinski definition) is 0. The summed E-state index contributed by atoms with van der Waals surface area (Å²) in [6.07, 6.45) is 0.784. The number of carbonyl (C=O) groups is 2. The maximum Gasteiger partial charge on any atom is 0.339 e. The number of hydrogen-bond acceptors (Lipinski definition) is 6. The van der Waals surface area contributed by atoms with Crippen LogP contribution in [0.4, 0.5) is 5.69 Å². The third-order valence-corrected chi connectivity index (χ3v) is 7.15. The number of para-hydroxylation sites is 1. The smallest absolute Gasteiger partial charge is 0.339 e. The molecule has 3 heterocycles. The lowest BCUT2D eigenvalue weighted by Crippen LogP contribution is -2.50. The average Bonchev–Trinajstić information content (AvgIpc) is 2.87. The first-order valence-electron chi connectivity index (χ1n) is 12.0. The molecule has 0 bridgehead atoms. The van der Waals surface area contributed by atoms with E-state index in [0.29, 0.717) is 43.3 Å². The van der Waals surface area contributed by atoms with Gasteiger partial charge in [-0.05, 0) is 37.7 Å². The number of aryl methyl sites for hydroxylation is 1. The van der Waals surface area contributed by atoms with Gasteiger partial charge in [0.2, 0.25) is 0 Å². The molecule has 0 unspecified atom stereocenters. The van der Waals surface area contributed by atoms with Crippen LogP contribution in [0, 0.1) is 6.92 Å². The molecule has 2 aliphatic heterocycles. The number of anilines is 1. The maximum absolute atomic E-state index is 13.3. The van der Waals surface area contributed by atoms with Gasteiger partial charge in [-0.25, -0.2) is 4.79 Å². The molecule has 1 fully saturated rings. The van der Waals surface area contributed by atoms with Gasteiger partial charge in [0, 0.05) is 73.0 Å². The number of fused-ring (bicyclic) bond motifs is 2. The van der Waals surface area contributed by atoms with Crippen molar-refractivity contribution >= 4 is 40.1 Å². The molecule has 182 valence electrons. The van der Waals surface area contributed by atoms with E-state index in [1.807, 2.05) is 49.5 Å².